The number of aromatic nitrogens is 2. The summed E-state index contributed by atoms with van der Waals surface area (Å²) in [6, 6.07) is 23.5. The summed E-state index contributed by atoms with van der Waals surface area (Å²) in [5.41, 5.74) is 4.22. The van der Waals surface area contributed by atoms with Gasteiger partial charge in [0, 0.05) is 25.7 Å². The minimum absolute atomic E-state index is 0.0680. The lowest BCUT2D eigenvalue weighted by Crippen LogP contribution is -2.37. The molecule has 1 amide bonds. The first-order chi connectivity index (χ1) is 15.5. The molecule has 0 spiro atoms. The number of carbonyl (C=O) groups excluding carboxylic acids is 1. The van der Waals surface area contributed by atoms with E-state index in [9.17, 15) is 4.79 Å². The van der Waals surface area contributed by atoms with Gasteiger partial charge in [-0.1, -0.05) is 48.0 Å². The van der Waals surface area contributed by atoms with Crippen molar-refractivity contribution in [1.82, 2.24) is 19.6 Å². The van der Waals surface area contributed by atoms with Gasteiger partial charge in [-0.15, -0.1) is 0 Å². The van der Waals surface area contributed by atoms with E-state index < -0.39 is 0 Å². The van der Waals surface area contributed by atoms with Crippen LogP contribution >= 0.6 is 0 Å². The van der Waals surface area contributed by atoms with Crippen LogP contribution in [0.4, 0.5) is 0 Å². The van der Waals surface area contributed by atoms with Crippen molar-refractivity contribution in [3.05, 3.63) is 95.9 Å². The van der Waals surface area contributed by atoms with E-state index in [1.165, 1.54) is 0 Å². The maximum Gasteiger partial charge on any atom is 0.272 e. The van der Waals surface area contributed by atoms with Crippen molar-refractivity contribution in [1.29, 1.82) is 0 Å². The Balaban J connectivity index is 1.73. The minimum Gasteiger partial charge on any atom is -0.463 e. The first kappa shape index (κ1) is 21.6. The number of amides is 1. The standard InChI is InChI=1S/C26H28N4O2/c1-20-11-13-22(14-12-20)30-24(18-23(27-30)25-10-7-17-32-25)26(31)29(16-15-28(2)3)19-21-8-5-4-6-9-21/h4-14,17-18H,15-16,19H2,1-3H3. The van der Waals surface area contributed by atoms with Crippen LogP contribution in [0.1, 0.15) is 21.6 Å². The molecule has 4 rings (SSSR count). The molecular weight excluding hydrogens is 400 g/mol. The number of rotatable bonds is 8. The second kappa shape index (κ2) is 9.66. The van der Waals surface area contributed by atoms with Crippen LogP contribution < -0.4 is 0 Å². The van der Waals surface area contributed by atoms with Gasteiger partial charge in [0.25, 0.3) is 5.91 Å². The Morgan fingerprint density at radius 2 is 1.72 bits per heavy atom. The molecule has 0 bridgehead atoms. The lowest BCUT2D eigenvalue weighted by molar-refractivity contribution is 0.0722. The maximum absolute atomic E-state index is 13.8. The van der Waals surface area contributed by atoms with Crippen LogP contribution in [0, 0.1) is 6.92 Å². The van der Waals surface area contributed by atoms with Gasteiger partial charge in [0.1, 0.15) is 11.4 Å². The molecule has 6 nitrogen and oxygen atoms in total. The summed E-state index contributed by atoms with van der Waals surface area (Å²) in [7, 11) is 4.02. The molecule has 0 aliphatic heterocycles. The van der Waals surface area contributed by atoms with E-state index >= 15 is 0 Å². The second-order valence-electron chi connectivity index (χ2n) is 8.16. The van der Waals surface area contributed by atoms with E-state index in [-0.39, 0.29) is 5.91 Å². The van der Waals surface area contributed by atoms with Crippen molar-refractivity contribution < 1.29 is 9.21 Å². The number of nitrogens with zero attached hydrogens (tertiary/aromatic N) is 4. The molecule has 0 saturated heterocycles. The maximum atomic E-state index is 13.8. The molecule has 0 fully saturated rings. The average Bonchev–Trinajstić information content (AvgIpc) is 3.47. The number of hydrogen-bond acceptors (Lipinski definition) is 4. The predicted molar refractivity (Wildman–Crippen MR) is 126 cm³/mol. The van der Waals surface area contributed by atoms with Gasteiger partial charge < -0.3 is 14.2 Å². The smallest absolute Gasteiger partial charge is 0.272 e. The zero-order chi connectivity index (χ0) is 22.5. The van der Waals surface area contributed by atoms with Gasteiger partial charge >= 0.3 is 0 Å². The highest BCUT2D eigenvalue weighted by molar-refractivity contribution is 5.94. The number of likely N-dealkylation sites (N-methyl/N-ethyl adjacent to an activating group) is 1. The quantitative estimate of drug-likeness (QED) is 0.410. The Bertz CT molecular complexity index is 1150. The molecule has 0 aliphatic carbocycles. The van der Waals surface area contributed by atoms with Crippen LogP contribution in [0.2, 0.25) is 0 Å². The van der Waals surface area contributed by atoms with Gasteiger partial charge in [-0.05, 0) is 50.8 Å². The van der Waals surface area contributed by atoms with Crippen LogP contribution in [0.15, 0.2) is 83.5 Å². The zero-order valence-electron chi connectivity index (χ0n) is 18.7. The molecular formula is C26H28N4O2. The fraction of sp³-hybridized carbons (Fsp3) is 0.231. The molecule has 2 heterocycles. The monoisotopic (exact) mass is 428 g/mol. The molecule has 0 aliphatic rings. The lowest BCUT2D eigenvalue weighted by atomic mass is 10.2. The number of aryl methyl sites for hydroxylation is 1. The summed E-state index contributed by atoms with van der Waals surface area (Å²) in [6.07, 6.45) is 1.61. The van der Waals surface area contributed by atoms with Gasteiger partial charge in [-0.3, -0.25) is 4.79 Å². The van der Waals surface area contributed by atoms with Crippen LogP contribution in [0.3, 0.4) is 0 Å². The number of benzene rings is 2. The van der Waals surface area contributed by atoms with Gasteiger partial charge in [0.2, 0.25) is 0 Å². The fourth-order valence-electron chi connectivity index (χ4n) is 3.50. The molecule has 0 atom stereocenters. The molecule has 6 heteroatoms. The fourth-order valence-corrected chi connectivity index (χ4v) is 3.50. The van der Waals surface area contributed by atoms with Crippen molar-refractivity contribution in [2.75, 3.05) is 27.2 Å². The molecule has 0 N–H and O–H groups in total. The first-order valence-electron chi connectivity index (χ1n) is 10.7. The Labute approximate surface area is 188 Å². The summed E-state index contributed by atoms with van der Waals surface area (Å²) in [5, 5.41) is 4.72. The van der Waals surface area contributed by atoms with Crippen molar-refractivity contribution in [3.8, 4) is 17.1 Å². The van der Waals surface area contributed by atoms with Crippen molar-refractivity contribution >= 4 is 5.91 Å². The Hall–Kier alpha value is -3.64. The normalized spacial score (nSPS) is 11.1. The van der Waals surface area contributed by atoms with E-state index in [0.717, 1.165) is 23.4 Å². The van der Waals surface area contributed by atoms with E-state index in [1.807, 2.05) is 98.7 Å². The highest BCUT2D eigenvalue weighted by Gasteiger charge is 2.24. The van der Waals surface area contributed by atoms with Crippen molar-refractivity contribution in [3.63, 3.8) is 0 Å². The molecule has 4 aromatic rings. The summed E-state index contributed by atoms with van der Waals surface area (Å²) in [6.45, 7) is 3.94. The highest BCUT2D eigenvalue weighted by atomic mass is 16.3. The number of furan rings is 1. The second-order valence-corrected chi connectivity index (χ2v) is 8.16. The van der Waals surface area contributed by atoms with Gasteiger partial charge in [0.15, 0.2) is 5.76 Å². The third-order valence-electron chi connectivity index (χ3n) is 5.30. The summed E-state index contributed by atoms with van der Waals surface area (Å²) >= 11 is 0. The largest absolute Gasteiger partial charge is 0.463 e. The number of carbonyl (C=O) groups is 1. The van der Waals surface area contributed by atoms with Crippen LogP contribution in [0.5, 0.6) is 0 Å². The van der Waals surface area contributed by atoms with Crippen LogP contribution in [0.25, 0.3) is 17.1 Å². The Kier molecular flexibility index (Phi) is 6.52. The van der Waals surface area contributed by atoms with Gasteiger partial charge in [-0.25, -0.2) is 4.68 Å². The summed E-state index contributed by atoms with van der Waals surface area (Å²) < 4.78 is 7.27. The van der Waals surface area contributed by atoms with Gasteiger partial charge in [-0.2, -0.15) is 5.10 Å². The summed E-state index contributed by atoms with van der Waals surface area (Å²) in [5.74, 6) is 0.564. The van der Waals surface area contributed by atoms with Gasteiger partial charge in [0.05, 0.1) is 12.0 Å². The van der Waals surface area contributed by atoms with Crippen molar-refractivity contribution in [2.24, 2.45) is 0 Å². The lowest BCUT2D eigenvalue weighted by Gasteiger charge is -2.25. The van der Waals surface area contributed by atoms with Crippen molar-refractivity contribution in [2.45, 2.75) is 13.5 Å². The van der Waals surface area contributed by atoms with Crippen LogP contribution in [-0.4, -0.2) is 52.7 Å². The third-order valence-corrected chi connectivity index (χ3v) is 5.30. The Morgan fingerprint density at radius 3 is 2.38 bits per heavy atom. The zero-order valence-corrected chi connectivity index (χ0v) is 18.7. The summed E-state index contributed by atoms with van der Waals surface area (Å²) in [4.78, 5) is 17.8. The molecule has 0 radical (unpaired) electrons. The first-order valence-corrected chi connectivity index (χ1v) is 10.7. The number of hydrogen-bond donors (Lipinski definition) is 0. The SMILES string of the molecule is Cc1ccc(-n2nc(-c3ccco3)cc2C(=O)N(CCN(C)C)Cc2ccccc2)cc1. The van der Waals surface area contributed by atoms with E-state index in [1.54, 1.807) is 10.9 Å². The van der Waals surface area contributed by atoms with Crippen LogP contribution in [-0.2, 0) is 6.54 Å². The molecule has 32 heavy (non-hydrogen) atoms. The van der Waals surface area contributed by atoms with E-state index in [4.69, 9.17) is 9.52 Å². The third kappa shape index (κ3) is 4.98. The Morgan fingerprint density at radius 1 is 0.969 bits per heavy atom. The average molecular weight is 429 g/mol. The molecule has 2 aromatic heterocycles. The molecule has 0 unspecified atom stereocenters. The predicted octanol–water partition coefficient (Wildman–Crippen LogP) is 4.64. The molecule has 164 valence electrons. The van der Waals surface area contributed by atoms with E-state index in [0.29, 0.717) is 30.2 Å². The molecule has 2 aromatic carbocycles. The molecule has 0 saturated carbocycles. The van der Waals surface area contributed by atoms with E-state index in [2.05, 4.69) is 4.90 Å². The topological polar surface area (TPSA) is 54.5 Å². The minimum atomic E-state index is -0.0680. The highest BCUT2D eigenvalue weighted by Crippen LogP contribution is 2.24.